The molecule has 3 saturated carbocycles. The van der Waals surface area contributed by atoms with E-state index < -0.39 is 0 Å². The number of ether oxygens (including phenoxy) is 1. The molecule has 4 atom stereocenters. The fraction of sp³-hybridized carbons (Fsp3) is 0.625. The first-order valence-corrected chi connectivity index (χ1v) is 7.41. The van der Waals surface area contributed by atoms with E-state index in [1.165, 1.54) is 19.3 Å². The number of nitrogens with zero attached hydrogens (tertiary/aromatic N) is 1. The predicted molar refractivity (Wildman–Crippen MR) is 71.0 cm³/mol. The molecule has 4 rings (SSSR count). The van der Waals surface area contributed by atoms with Crippen molar-refractivity contribution in [1.82, 2.24) is 4.98 Å². The van der Waals surface area contributed by atoms with Gasteiger partial charge in [-0.25, -0.2) is 0 Å². The molecule has 19 heavy (non-hydrogen) atoms. The van der Waals surface area contributed by atoms with Crippen molar-refractivity contribution in [3.63, 3.8) is 0 Å². The number of rotatable bonds is 4. The lowest BCUT2D eigenvalue weighted by molar-refractivity contribution is 0.0943. The average molecular weight is 257 g/mol. The van der Waals surface area contributed by atoms with Crippen LogP contribution in [0.3, 0.4) is 0 Å². The molecule has 0 N–H and O–H groups in total. The van der Waals surface area contributed by atoms with Crippen LogP contribution < -0.4 is 4.74 Å². The summed E-state index contributed by atoms with van der Waals surface area (Å²) in [6.45, 7) is 2.55. The molecule has 100 valence electrons. The van der Waals surface area contributed by atoms with Gasteiger partial charge in [0, 0.05) is 17.7 Å². The molecule has 3 nitrogen and oxygen atoms in total. The second-order valence-corrected chi connectivity index (χ2v) is 6.22. The first-order chi connectivity index (χ1) is 9.29. The average Bonchev–Trinajstić information content (AvgIpc) is 2.86. The molecule has 4 unspecified atom stereocenters. The van der Waals surface area contributed by atoms with Crippen LogP contribution in [0.1, 0.15) is 36.5 Å². The molecule has 0 amide bonds. The van der Waals surface area contributed by atoms with Gasteiger partial charge in [-0.3, -0.25) is 9.78 Å². The summed E-state index contributed by atoms with van der Waals surface area (Å²) in [5.74, 6) is 4.38. The highest BCUT2D eigenvalue weighted by atomic mass is 16.5. The minimum Gasteiger partial charge on any atom is -0.492 e. The summed E-state index contributed by atoms with van der Waals surface area (Å²) >= 11 is 0. The summed E-state index contributed by atoms with van der Waals surface area (Å²) < 4.78 is 5.43. The van der Waals surface area contributed by atoms with E-state index in [4.69, 9.17) is 4.74 Å². The molecule has 3 aliphatic carbocycles. The zero-order valence-electron chi connectivity index (χ0n) is 11.2. The van der Waals surface area contributed by atoms with E-state index in [9.17, 15) is 4.79 Å². The summed E-state index contributed by atoms with van der Waals surface area (Å²) in [7, 11) is 0. The van der Waals surface area contributed by atoms with E-state index in [1.54, 1.807) is 12.4 Å². The lowest BCUT2D eigenvalue weighted by Crippen LogP contribution is -2.10. The topological polar surface area (TPSA) is 39.2 Å². The second-order valence-electron chi connectivity index (χ2n) is 6.22. The SMILES string of the molecule is CCOc1cncc(C(=O)C2C3C4CCC(C4)C23)c1. The third kappa shape index (κ3) is 1.63. The minimum absolute atomic E-state index is 0.296. The van der Waals surface area contributed by atoms with E-state index in [0.29, 0.717) is 35.9 Å². The molecule has 3 aliphatic rings. The maximum absolute atomic E-state index is 12.6. The molecule has 2 bridgehead atoms. The van der Waals surface area contributed by atoms with Gasteiger partial charge in [0.05, 0.1) is 12.8 Å². The molecule has 1 aromatic rings. The molecule has 3 fully saturated rings. The first kappa shape index (κ1) is 11.4. The van der Waals surface area contributed by atoms with Gasteiger partial charge in [0.1, 0.15) is 5.75 Å². The summed E-state index contributed by atoms with van der Waals surface area (Å²) in [6, 6.07) is 1.86. The van der Waals surface area contributed by atoms with Gasteiger partial charge in [-0.05, 0) is 55.9 Å². The molecule has 0 aromatic carbocycles. The van der Waals surface area contributed by atoms with E-state index >= 15 is 0 Å². The largest absolute Gasteiger partial charge is 0.492 e. The van der Waals surface area contributed by atoms with Gasteiger partial charge in [-0.15, -0.1) is 0 Å². The fourth-order valence-corrected chi connectivity index (χ4v) is 4.67. The Morgan fingerprint density at radius 1 is 1.32 bits per heavy atom. The normalized spacial score (nSPS) is 38.1. The number of pyridine rings is 1. The Morgan fingerprint density at radius 2 is 2.05 bits per heavy atom. The molecule has 0 spiro atoms. The van der Waals surface area contributed by atoms with Crippen LogP contribution in [0.5, 0.6) is 5.75 Å². The summed E-state index contributed by atoms with van der Waals surface area (Å²) in [6.07, 6.45) is 7.47. The quantitative estimate of drug-likeness (QED) is 0.778. The number of fused-ring (bicyclic) bond motifs is 5. The zero-order chi connectivity index (χ0) is 13.0. The van der Waals surface area contributed by atoms with Crippen LogP contribution in [0.25, 0.3) is 0 Å². The van der Waals surface area contributed by atoms with Crippen molar-refractivity contribution < 1.29 is 9.53 Å². The summed E-state index contributed by atoms with van der Waals surface area (Å²) in [5, 5.41) is 0. The lowest BCUT2D eigenvalue weighted by Gasteiger charge is -2.08. The lowest BCUT2D eigenvalue weighted by atomic mass is 9.97. The highest BCUT2D eigenvalue weighted by molar-refractivity contribution is 6.00. The minimum atomic E-state index is 0.296. The Morgan fingerprint density at radius 3 is 2.74 bits per heavy atom. The summed E-state index contributed by atoms with van der Waals surface area (Å²) in [5.41, 5.74) is 0.741. The standard InChI is InChI=1S/C16H19NO2/c1-2-19-12-6-11(7-17-8-12)16(18)15-13-9-3-4-10(5-9)14(13)15/h6-10,13-15H,2-5H2,1H3. The molecule has 0 radical (unpaired) electrons. The zero-order valence-corrected chi connectivity index (χ0v) is 11.2. The van der Waals surface area contributed by atoms with Gasteiger partial charge in [0.2, 0.25) is 0 Å². The van der Waals surface area contributed by atoms with Gasteiger partial charge >= 0.3 is 0 Å². The number of carbonyl (C=O) groups excluding carboxylic acids is 1. The van der Waals surface area contributed by atoms with Crippen molar-refractivity contribution in [2.45, 2.75) is 26.2 Å². The Bertz CT molecular complexity index is 511. The van der Waals surface area contributed by atoms with Crippen molar-refractivity contribution in [3.8, 4) is 5.75 Å². The Kier molecular flexibility index (Phi) is 2.44. The van der Waals surface area contributed by atoms with Gasteiger partial charge < -0.3 is 4.74 Å². The number of ketones is 1. The smallest absolute Gasteiger partial charge is 0.168 e. The molecular formula is C16H19NO2. The molecule has 1 heterocycles. The van der Waals surface area contributed by atoms with Gasteiger partial charge in [-0.2, -0.15) is 0 Å². The van der Waals surface area contributed by atoms with Crippen LogP contribution in [0.2, 0.25) is 0 Å². The first-order valence-electron chi connectivity index (χ1n) is 7.41. The van der Waals surface area contributed by atoms with E-state index in [2.05, 4.69) is 4.98 Å². The maximum atomic E-state index is 12.6. The van der Waals surface area contributed by atoms with Crippen molar-refractivity contribution in [3.05, 3.63) is 24.0 Å². The number of aromatic nitrogens is 1. The van der Waals surface area contributed by atoms with Crippen molar-refractivity contribution in [2.24, 2.45) is 29.6 Å². The van der Waals surface area contributed by atoms with Crippen LogP contribution in [0.15, 0.2) is 18.5 Å². The number of hydrogen-bond donors (Lipinski definition) is 0. The molecule has 1 aromatic heterocycles. The van der Waals surface area contributed by atoms with Crippen molar-refractivity contribution in [2.75, 3.05) is 6.61 Å². The third-order valence-electron chi connectivity index (χ3n) is 5.35. The monoisotopic (exact) mass is 257 g/mol. The van der Waals surface area contributed by atoms with Crippen LogP contribution in [-0.2, 0) is 0 Å². The van der Waals surface area contributed by atoms with Gasteiger partial charge in [0.15, 0.2) is 5.78 Å². The Hall–Kier alpha value is -1.38. The van der Waals surface area contributed by atoms with E-state index in [-0.39, 0.29) is 0 Å². The van der Waals surface area contributed by atoms with Gasteiger partial charge in [0.25, 0.3) is 0 Å². The molecular weight excluding hydrogens is 238 g/mol. The predicted octanol–water partition coefficient (Wildman–Crippen LogP) is 2.96. The van der Waals surface area contributed by atoms with E-state index in [0.717, 1.165) is 17.4 Å². The molecule has 0 saturated heterocycles. The van der Waals surface area contributed by atoms with Gasteiger partial charge in [-0.1, -0.05) is 0 Å². The highest BCUT2D eigenvalue weighted by Crippen LogP contribution is 2.69. The van der Waals surface area contributed by atoms with Crippen LogP contribution in [-0.4, -0.2) is 17.4 Å². The van der Waals surface area contributed by atoms with E-state index in [1.807, 2.05) is 13.0 Å². The highest BCUT2D eigenvalue weighted by Gasteiger charge is 2.67. The third-order valence-corrected chi connectivity index (χ3v) is 5.35. The maximum Gasteiger partial charge on any atom is 0.168 e. The Balaban J connectivity index is 1.54. The molecule has 0 aliphatic heterocycles. The number of Topliss-reactive ketones (excluding diaryl/α,β-unsaturated/α-hetero) is 1. The fourth-order valence-electron chi connectivity index (χ4n) is 4.67. The second kappa shape index (κ2) is 4.06. The molecule has 3 heteroatoms. The Labute approximate surface area is 113 Å². The van der Waals surface area contributed by atoms with Crippen LogP contribution in [0, 0.1) is 29.6 Å². The number of hydrogen-bond acceptors (Lipinski definition) is 3. The van der Waals surface area contributed by atoms with Crippen molar-refractivity contribution in [1.29, 1.82) is 0 Å². The summed E-state index contributed by atoms with van der Waals surface area (Å²) in [4.78, 5) is 16.7. The van der Waals surface area contributed by atoms with Crippen LogP contribution in [0.4, 0.5) is 0 Å². The van der Waals surface area contributed by atoms with Crippen molar-refractivity contribution >= 4 is 5.78 Å². The number of carbonyl (C=O) groups is 1. The van der Waals surface area contributed by atoms with Crippen LogP contribution >= 0.6 is 0 Å².